The van der Waals surface area contributed by atoms with Crippen LogP contribution < -0.4 is 5.73 Å². The number of carbonyl (C=O) groups is 2. The van der Waals surface area contributed by atoms with Crippen molar-refractivity contribution >= 4 is 28.5 Å². The Bertz CT molecular complexity index is 832. The highest BCUT2D eigenvalue weighted by Gasteiger charge is 2.29. The molecule has 1 aliphatic carbocycles. The Morgan fingerprint density at radius 2 is 1.68 bits per heavy atom. The lowest BCUT2D eigenvalue weighted by Gasteiger charge is -2.38. The Balaban J connectivity index is 1.60. The molecule has 0 spiro atoms. The number of amides is 1. The Morgan fingerprint density at radius 3 is 2.23 bits per heavy atom. The number of nitrogens with zero attached hydrogens (tertiary/aromatic N) is 2. The smallest absolute Gasteiger partial charge is 0.338 e. The van der Waals surface area contributed by atoms with E-state index in [1.165, 1.54) is 37.4 Å². The lowest BCUT2D eigenvalue weighted by molar-refractivity contribution is -0.128. The van der Waals surface area contributed by atoms with E-state index in [1.54, 1.807) is 26.0 Å². The van der Waals surface area contributed by atoms with Gasteiger partial charge in [0.15, 0.2) is 0 Å². The van der Waals surface area contributed by atoms with Crippen LogP contribution in [0.3, 0.4) is 0 Å². The molecule has 1 aromatic rings. The normalized spacial score (nSPS) is 18.6. The van der Waals surface area contributed by atoms with Crippen LogP contribution in [0.25, 0.3) is 4.91 Å². The highest BCUT2D eigenvalue weighted by atomic mass is 32.2. The molecule has 0 unspecified atom stereocenters. The molecule has 6 nitrogen and oxygen atoms in total. The molecule has 2 aliphatic rings. The van der Waals surface area contributed by atoms with E-state index in [4.69, 9.17) is 10.5 Å². The van der Waals surface area contributed by atoms with E-state index in [0.29, 0.717) is 33.7 Å². The molecule has 1 saturated heterocycles. The maximum atomic E-state index is 13.2. The van der Waals surface area contributed by atoms with Crippen molar-refractivity contribution in [3.05, 3.63) is 52.6 Å². The fraction of sp³-hybridized carbons (Fsp3) is 0.500. The fourth-order valence-corrected chi connectivity index (χ4v) is 5.06. The monoisotopic (exact) mass is 443 g/mol. The number of allylic oxidation sites excluding steroid dienone is 1. The average Bonchev–Trinajstić information content (AvgIpc) is 3.32. The third-order valence-corrected chi connectivity index (χ3v) is 7.12. The number of rotatable bonds is 7. The first-order chi connectivity index (χ1) is 14.9. The number of carbonyl (C=O) groups excluding carboxylic acids is 2. The maximum Gasteiger partial charge on any atom is 0.338 e. The molecule has 0 radical (unpaired) electrons. The Morgan fingerprint density at radius 1 is 1.10 bits per heavy atom. The number of thioether (sulfide) groups is 1. The average molecular weight is 444 g/mol. The van der Waals surface area contributed by atoms with Crippen molar-refractivity contribution in [3.63, 3.8) is 0 Å². The van der Waals surface area contributed by atoms with Gasteiger partial charge in [-0.1, -0.05) is 43.3 Å². The predicted octanol–water partition coefficient (Wildman–Crippen LogP) is 3.84. The van der Waals surface area contributed by atoms with Crippen molar-refractivity contribution in [2.75, 3.05) is 32.8 Å². The van der Waals surface area contributed by atoms with Gasteiger partial charge in [-0.05, 0) is 44.4 Å². The van der Waals surface area contributed by atoms with Gasteiger partial charge in [0.1, 0.15) is 0 Å². The van der Waals surface area contributed by atoms with Crippen LogP contribution >= 0.6 is 11.8 Å². The zero-order valence-corrected chi connectivity index (χ0v) is 19.4. The summed E-state index contributed by atoms with van der Waals surface area (Å²) in [6.07, 6.45) is 5.21. The van der Waals surface area contributed by atoms with Crippen LogP contribution in [-0.2, 0) is 9.53 Å². The van der Waals surface area contributed by atoms with Crippen molar-refractivity contribution in [3.8, 4) is 0 Å². The summed E-state index contributed by atoms with van der Waals surface area (Å²) < 4.78 is 5.02. The van der Waals surface area contributed by atoms with E-state index < -0.39 is 0 Å². The molecule has 1 heterocycles. The van der Waals surface area contributed by atoms with Crippen molar-refractivity contribution in [1.29, 1.82) is 0 Å². The number of hydrogen-bond donors (Lipinski definition) is 1. The second-order valence-electron chi connectivity index (χ2n) is 8.10. The van der Waals surface area contributed by atoms with Crippen LogP contribution in [0.1, 0.15) is 55.5 Å². The van der Waals surface area contributed by atoms with Crippen LogP contribution in [0.5, 0.6) is 0 Å². The number of ether oxygens (including phenoxy) is 1. The van der Waals surface area contributed by atoms with Crippen molar-refractivity contribution in [2.45, 2.75) is 45.6 Å². The number of piperazine rings is 1. The lowest BCUT2D eigenvalue weighted by atomic mass is 10.1. The topological polar surface area (TPSA) is 75.9 Å². The molecule has 31 heavy (non-hydrogen) atoms. The number of nitrogens with two attached hydrogens (primary N) is 1. The van der Waals surface area contributed by atoms with Crippen LogP contribution in [-0.4, -0.2) is 60.5 Å². The van der Waals surface area contributed by atoms with Gasteiger partial charge < -0.3 is 15.4 Å². The first kappa shape index (κ1) is 23.4. The zero-order chi connectivity index (χ0) is 22.4. The van der Waals surface area contributed by atoms with E-state index in [-0.39, 0.29) is 11.9 Å². The molecule has 7 heteroatoms. The SMILES string of the molecule is C=C(S/C(C(=O)N1CCN(C2CCCC2)CC1)=C(/C)N)c1ccc(C(=O)OCC)cc1. The minimum atomic E-state index is -0.349. The molecular formula is C24H33N3O3S. The van der Waals surface area contributed by atoms with Gasteiger partial charge >= 0.3 is 5.97 Å². The van der Waals surface area contributed by atoms with Crippen molar-refractivity contribution in [2.24, 2.45) is 5.73 Å². The van der Waals surface area contributed by atoms with Crippen LogP contribution in [0.15, 0.2) is 41.4 Å². The summed E-state index contributed by atoms with van der Waals surface area (Å²) in [4.78, 5) is 30.7. The summed E-state index contributed by atoms with van der Waals surface area (Å²) >= 11 is 1.30. The summed E-state index contributed by atoms with van der Waals surface area (Å²) in [5.74, 6) is -0.377. The van der Waals surface area contributed by atoms with Gasteiger partial charge in [0.2, 0.25) is 0 Å². The van der Waals surface area contributed by atoms with E-state index in [9.17, 15) is 9.59 Å². The molecular weight excluding hydrogens is 410 g/mol. The summed E-state index contributed by atoms with van der Waals surface area (Å²) in [5.41, 5.74) is 7.93. The number of esters is 1. The molecule has 1 aliphatic heterocycles. The molecule has 2 N–H and O–H groups in total. The van der Waals surface area contributed by atoms with Crippen molar-refractivity contribution in [1.82, 2.24) is 9.80 Å². The van der Waals surface area contributed by atoms with Crippen LogP contribution in [0.4, 0.5) is 0 Å². The zero-order valence-electron chi connectivity index (χ0n) is 18.6. The van der Waals surface area contributed by atoms with Gasteiger partial charge in [-0.2, -0.15) is 0 Å². The Hall–Kier alpha value is -2.25. The summed E-state index contributed by atoms with van der Waals surface area (Å²) in [5, 5.41) is 0. The first-order valence-electron chi connectivity index (χ1n) is 11.0. The second kappa shape index (κ2) is 10.9. The third-order valence-electron chi connectivity index (χ3n) is 5.94. The Kier molecular flexibility index (Phi) is 8.21. The van der Waals surface area contributed by atoms with E-state index in [1.807, 2.05) is 17.0 Å². The molecule has 1 amide bonds. The number of benzene rings is 1. The van der Waals surface area contributed by atoms with Gasteiger partial charge in [0.05, 0.1) is 17.1 Å². The quantitative estimate of drug-likeness (QED) is 0.510. The first-order valence-corrected chi connectivity index (χ1v) is 11.9. The highest BCUT2D eigenvalue weighted by molar-refractivity contribution is 8.12. The van der Waals surface area contributed by atoms with Gasteiger partial charge in [0, 0.05) is 42.8 Å². The van der Waals surface area contributed by atoms with E-state index >= 15 is 0 Å². The predicted molar refractivity (Wildman–Crippen MR) is 126 cm³/mol. The largest absolute Gasteiger partial charge is 0.462 e. The summed E-state index contributed by atoms with van der Waals surface area (Å²) in [7, 11) is 0. The number of hydrogen-bond acceptors (Lipinski definition) is 6. The summed E-state index contributed by atoms with van der Waals surface area (Å²) in [6, 6.07) is 7.74. The van der Waals surface area contributed by atoms with Gasteiger partial charge in [0.25, 0.3) is 5.91 Å². The Labute approximate surface area is 189 Å². The highest BCUT2D eigenvalue weighted by Crippen LogP contribution is 2.35. The molecule has 1 saturated carbocycles. The molecule has 168 valence electrons. The third kappa shape index (κ3) is 5.92. The van der Waals surface area contributed by atoms with Crippen LogP contribution in [0, 0.1) is 0 Å². The van der Waals surface area contributed by atoms with Crippen molar-refractivity contribution < 1.29 is 14.3 Å². The van der Waals surface area contributed by atoms with Gasteiger partial charge in [-0.25, -0.2) is 4.79 Å². The lowest BCUT2D eigenvalue weighted by Crippen LogP contribution is -2.51. The van der Waals surface area contributed by atoms with E-state index in [2.05, 4.69) is 11.5 Å². The second-order valence-corrected chi connectivity index (χ2v) is 9.21. The fourth-order valence-electron chi connectivity index (χ4n) is 4.18. The molecule has 0 aromatic heterocycles. The summed E-state index contributed by atoms with van der Waals surface area (Å²) in [6.45, 7) is 11.3. The van der Waals surface area contributed by atoms with E-state index in [0.717, 1.165) is 31.7 Å². The maximum absolute atomic E-state index is 13.2. The molecule has 3 rings (SSSR count). The molecule has 0 bridgehead atoms. The van der Waals surface area contributed by atoms with Gasteiger partial charge in [-0.3, -0.25) is 9.69 Å². The molecule has 2 fully saturated rings. The standard InChI is InChI=1S/C24H33N3O3S/c1-4-30-24(29)20-11-9-19(10-12-20)18(3)31-22(17(2)25)23(28)27-15-13-26(14-16-27)21-7-5-6-8-21/h9-12,21H,3-8,13-16,25H2,1-2H3/b22-17-. The molecule has 1 aromatic carbocycles. The molecule has 0 atom stereocenters. The van der Waals surface area contributed by atoms with Gasteiger partial charge in [-0.15, -0.1) is 0 Å². The van der Waals surface area contributed by atoms with Crippen LogP contribution in [0.2, 0.25) is 0 Å². The minimum absolute atomic E-state index is 0.0274. The minimum Gasteiger partial charge on any atom is -0.462 e.